The lowest BCUT2D eigenvalue weighted by Gasteiger charge is -2.25. The Morgan fingerprint density at radius 3 is 3.00 bits per heavy atom. The fourth-order valence-electron chi connectivity index (χ4n) is 2.66. The third-order valence-corrected chi connectivity index (χ3v) is 3.97. The van der Waals surface area contributed by atoms with Crippen molar-refractivity contribution in [1.82, 2.24) is 14.5 Å². The van der Waals surface area contributed by atoms with Crippen LogP contribution in [0.3, 0.4) is 0 Å². The average molecular weight is 265 g/mol. The number of aryl methyl sites for hydroxylation is 2. The van der Waals surface area contributed by atoms with Gasteiger partial charge >= 0.3 is 0 Å². The van der Waals surface area contributed by atoms with E-state index in [0.29, 0.717) is 6.10 Å². The highest BCUT2D eigenvalue weighted by molar-refractivity contribution is 4.88. The van der Waals surface area contributed by atoms with Crippen molar-refractivity contribution in [1.29, 1.82) is 0 Å². The van der Waals surface area contributed by atoms with Crippen molar-refractivity contribution in [3.63, 3.8) is 0 Å². The molecule has 4 nitrogen and oxygen atoms in total. The fourth-order valence-corrected chi connectivity index (χ4v) is 2.66. The molecule has 1 aromatic rings. The molecule has 2 heterocycles. The van der Waals surface area contributed by atoms with Crippen LogP contribution in [0.2, 0.25) is 0 Å². The summed E-state index contributed by atoms with van der Waals surface area (Å²) >= 11 is 0. The first-order valence-electron chi connectivity index (χ1n) is 7.53. The van der Waals surface area contributed by atoms with Gasteiger partial charge in [-0.1, -0.05) is 0 Å². The van der Waals surface area contributed by atoms with Crippen LogP contribution < -0.4 is 0 Å². The highest BCUT2D eigenvalue weighted by Gasteiger charge is 2.14. The summed E-state index contributed by atoms with van der Waals surface area (Å²) in [7, 11) is 2.21. The zero-order chi connectivity index (χ0) is 13.5. The summed E-state index contributed by atoms with van der Waals surface area (Å²) in [6.07, 6.45) is 10.6. The Bertz CT molecular complexity index is 358. The van der Waals surface area contributed by atoms with Gasteiger partial charge < -0.3 is 14.2 Å². The topological polar surface area (TPSA) is 30.3 Å². The molecule has 1 saturated heterocycles. The van der Waals surface area contributed by atoms with Gasteiger partial charge in [0.25, 0.3) is 0 Å². The van der Waals surface area contributed by atoms with Crippen LogP contribution in [0.25, 0.3) is 0 Å². The molecular formula is C15H27N3O. The molecular weight excluding hydrogens is 238 g/mol. The van der Waals surface area contributed by atoms with E-state index in [1.807, 2.05) is 6.20 Å². The molecule has 1 aliphatic heterocycles. The maximum atomic E-state index is 5.77. The first-order chi connectivity index (χ1) is 9.25. The number of ether oxygens (including phenoxy) is 1. The van der Waals surface area contributed by atoms with Crippen molar-refractivity contribution in [2.45, 2.75) is 51.7 Å². The van der Waals surface area contributed by atoms with Crippen molar-refractivity contribution in [3.05, 3.63) is 18.2 Å². The molecule has 1 atom stereocenters. The molecule has 19 heavy (non-hydrogen) atoms. The minimum atomic E-state index is 0.507. The Kier molecular flexibility index (Phi) is 5.86. The molecule has 2 rings (SSSR count). The molecule has 0 aromatic carbocycles. The summed E-state index contributed by atoms with van der Waals surface area (Å²) in [5.74, 6) is 1.11. The van der Waals surface area contributed by atoms with Crippen molar-refractivity contribution < 1.29 is 4.74 Å². The van der Waals surface area contributed by atoms with E-state index in [0.717, 1.165) is 32.1 Å². The zero-order valence-corrected chi connectivity index (χ0v) is 12.3. The molecule has 0 aliphatic carbocycles. The van der Waals surface area contributed by atoms with Gasteiger partial charge in [-0.25, -0.2) is 4.98 Å². The van der Waals surface area contributed by atoms with E-state index in [1.165, 1.54) is 32.1 Å². The van der Waals surface area contributed by atoms with E-state index >= 15 is 0 Å². The maximum absolute atomic E-state index is 5.77. The molecule has 108 valence electrons. The SMILES string of the molecule is Cc1nccn1CCCN(C)CCC1CCCCO1. The summed E-state index contributed by atoms with van der Waals surface area (Å²) in [4.78, 5) is 6.67. The van der Waals surface area contributed by atoms with Crippen LogP contribution in [0.4, 0.5) is 0 Å². The lowest BCUT2D eigenvalue weighted by molar-refractivity contribution is 0.00668. The van der Waals surface area contributed by atoms with Gasteiger partial charge in [-0.2, -0.15) is 0 Å². The van der Waals surface area contributed by atoms with E-state index in [1.54, 1.807) is 0 Å². The van der Waals surface area contributed by atoms with Crippen LogP contribution in [0, 0.1) is 6.92 Å². The summed E-state index contributed by atoms with van der Waals surface area (Å²) in [5, 5.41) is 0. The number of hydrogen-bond donors (Lipinski definition) is 0. The van der Waals surface area contributed by atoms with E-state index < -0.39 is 0 Å². The number of aromatic nitrogens is 2. The second kappa shape index (κ2) is 7.65. The van der Waals surface area contributed by atoms with Crippen molar-refractivity contribution in [2.75, 3.05) is 26.7 Å². The zero-order valence-electron chi connectivity index (χ0n) is 12.3. The summed E-state index contributed by atoms with van der Waals surface area (Å²) in [6.45, 7) is 6.38. The van der Waals surface area contributed by atoms with Crippen LogP contribution in [0.5, 0.6) is 0 Å². The Hall–Kier alpha value is -0.870. The lowest BCUT2D eigenvalue weighted by Crippen LogP contribution is -2.28. The third kappa shape index (κ3) is 4.96. The van der Waals surface area contributed by atoms with Gasteiger partial charge in [0, 0.05) is 32.1 Å². The predicted molar refractivity (Wildman–Crippen MR) is 77.3 cm³/mol. The third-order valence-electron chi connectivity index (χ3n) is 3.97. The quantitative estimate of drug-likeness (QED) is 0.758. The van der Waals surface area contributed by atoms with Crippen LogP contribution in [0.15, 0.2) is 12.4 Å². The van der Waals surface area contributed by atoms with Crippen LogP contribution in [-0.2, 0) is 11.3 Å². The van der Waals surface area contributed by atoms with E-state index in [2.05, 4.69) is 34.6 Å². The van der Waals surface area contributed by atoms with E-state index in [-0.39, 0.29) is 0 Å². The van der Waals surface area contributed by atoms with Gasteiger partial charge in [-0.3, -0.25) is 0 Å². The lowest BCUT2D eigenvalue weighted by atomic mass is 10.1. The van der Waals surface area contributed by atoms with Crippen LogP contribution in [-0.4, -0.2) is 47.3 Å². The minimum Gasteiger partial charge on any atom is -0.378 e. The first-order valence-corrected chi connectivity index (χ1v) is 7.53. The molecule has 0 saturated carbocycles. The van der Waals surface area contributed by atoms with Crippen molar-refractivity contribution >= 4 is 0 Å². The second-order valence-corrected chi connectivity index (χ2v) is 5.60. The number of hydrogen-bond acceptors (Lipinski definition) is 3. The average Bonchev–Trinajstić information content (AvgIpc) is 2.83. The van der Waals surface area contributed by atoms with E-state index in [9.17, 15) is 0 Å². The van der Waals surface area contributed by atoms with Gasteiger partial charge in [-0.05, 0) is 52.6 Å². The first kappa shape index (κ1) is 14.5. The van der Waals surface area contributed by atoms with Gasteiger partial charge in [0.2, 0.25) is 0 Å². The van der Waals surface area contributed by atoms with Gasteiger partial charge in [-0.15, -0.1) is 0 Å². The normalized spacial score (nSPS) is 20.1. The molecule has 0 spiro atoms. The predicted octanol–water partition coefficient (Wildman–Crippen LogP) is 2.47. The Morgan fingerprint density at radius 1 is 1.42 bits per heavy atom. The summed E-state index contributed by atoms with van der Waals surface area (Å²) in [5.41, 5.74) is 0. The van der Waals surface area contributed by atoms with Crippen LogP contribution in [0.1, 0.15) is 37.9 Å². The smallest absolute Gasteiger partial charge is 0.105 e. The minimum absolute atomic E-state index is 0.507. The maximum Gasteiger partial charge on any atom is 0.105 e. The Labute approximate surface area is 116 Å². The molecule has 1 aliphatic rings. The molecule has 1 unspecified atom stereocenters. The van der Waals surface area contributed by atoms with Crippen LogP contribution >= 0.6 is 0 Å². The molecule has 1 fully saturated rings. The number of nitrogens with zero attached hydrogens (tertiary/aromatic N) is 3. The van der Waals surface area contributed by atoms with Crippen molar-refractivity contribution in [2.24, 2.45) is 0 Å². The largest absolute Gasteiger partial charge is 0.378 e. The van der Waals surface area contributed by atoms with Gasteiger partial charge in [0.15, 0.2) is 0 Å². The molecule has 4 heteroatoms. The molecule has 0 radical (unpaired) electrons. The Morgan fingerprint density at radius 2 is 2.32 bits per heavy atom. The van der Waals surface area contributed by atoms with Gasteiger partial charge in [0.1, 0.15) is 5.82 Å². The monoisotopic (exact) mass is 265 g/mol. The molecule has 0 N–H and O–H groups in total. The highest BCUT2D eigenvalue weighted by Crippen LogP contribution is 2.15. The van der Waals surface area contributed by atoms with Gasteiger partial charge in [0.05, 0.1) is 6.10 Å². The Balaban J connectivity index is 1.56. The number of rotatable bonds is 7. The molecule has 1 aromatic heterocycles. The fraction of sp³-hybridized carbons (Fsp3) is 0.800. The highest BCUT2D eigenvalue weighted by atomic mass is 16.5. The second-order valence-electron chi connectivity index (χ2n) is 5.60. The molecule has 0 amide bonds. The summed E-state index contributed by atoms with van der Waals surface area (Å²) < 4.78 is 7.99. The summed E-state index contributed by atoms with van der Waals surface area (Å²) in [6, 6.07) is 0. The van der Waals surface area contributed by atoms with E-state index in [4.69, 9.17) is 4.74 Å². The van der Waals surface area contributed by atoms with Crippen molar-refractivity contribution in [3.8, 4) is 0 Å². The number of imidazole rings is 1. The molecule has 0 bridgehead atoms. The standard InChI is InChI=1S/C15H27N3O/c1-14-16-8-12-18(14)10-5-9-17(2)11-7-15-6-3-4-13-19-15/h8,12,15H,3-7,9-11,13H2,1-2H3.